The highest BCUT2D eigenvalue weighted by atomic mass is 79.9. The highest BCUT2D eigenvalue weighted by Crippen LogP contribution is 2.27. The summed E-state index contributed by atoms with van der Waals surface area (Å²) in [5.74, 6) is 1.62. The molecule has 1 aromatic heterocycles. The predicted molar refractivity (Wildman–Crippen MR) is 83.1 cm³/mol. The zero-order valence-corrected chi connectivity index (χ0v) is 13.7. The summed E-state index contributed by atoms with van der Waals surface area (Å²) < 4.78 is 19.0. The Morgan fingerprint density at radius 3 is 2.76 bits per heavy atom. The van der Waals surface area contributed by atoms with Crippen molar-refractivity contribution in [2.45, 2.75) is 26.7 Å². The average Bonchev–Trinajstić information content (AvgIpc) is 2.85. The van der Waals surface area contributed by atoms with Gasteiger partial charge in [-0.1, -0.05) is 19.0 Å². The topological polar surface area (TPSA) is 64.9 Å². The molecule has 0 aliphatic rings. The van der Waals surface area contributed by atoms with Crippen molar-refractivity contribution in [3.8, 4) is 11.4 Å². The number of benzene rings is 1. The lowest BCUT2D eigenvalue weighted by atomic mass is 9.94. The maximum absolute atomic E-state index is 13.1. The lowest BCUT2D eigenvalue weighted by Gasteiger charge is -2.14. The quantitative estimate of drug-likeness (QED) is 0.855. The van der Waals surface area contributed by atoms with Crippen molar-refractivity contribution < 1.29 is 8.91 Å². The molecule has 2 N–H and O–H groups in total. The van der Waals surface area contributed by atoms with Crippen molar-refractivity contribution in [1.82, 2.24) is 10.1 Å². The SMILES string of the molecule is CC(C)C[C@H](CN)Cc1nc(-c2ccc(F)cc2Br)no1. The van der Waals surface area contributed by atoms with Crippen molar-refractivity contribution in [2.24, 2.45) is 17.6 Å². The molecule has 0 amide bonds. The van der Waals surface area contributed by atoms with Crippen LogP contribution in [0.2, 0.25) is 0 Å². The zero-order valence-electron chi connectivity index (χ0n) is 12.1. The van der Waals surface area contributed by atoms with Gasteiger partial charge in [-0.05, 0) is 58.9 Å². The second-order valence-corrected chi connectivity index (χ2v) is 6.43. The van der Waals surface area contributed by atoms with Gasteiger partial charge in [0, 0.05) is 16.5 Å². The van der Waals surface area contributed by atoms with Crippen molar-refractivity contribution in [2.75, 3.05) is 6.54 Å². The Kier molecular flexibility index (Phi) is 5.47. The molecule has 6 heteroatoms. The van der Waals surface area contributed by atoms with Crippen LogP contribution in [-0.4, -0.2) is 16.7 Å². The average molecular weight is 356 g/mol. The third kappa shape index (κ3) is 4.35. The van der Waals surface area contributed by atoms with E-state index in [1.165, 1.54) is 12.1 Å². The van der Waals surface area contributed by atoms with E-state index in [-0.39, 0.29) is 5.82 Å². The molecule has 0 spiro atoms. The molecule has 0 aliphatic carbocycles. The van der Waals surface area contributed by atoms with E-state index in [0.29, 0.717) is 46.6 Å². The molecule has 21 heavy (non-hydrogen) atoms. The van der Waals surface area contributed by atoms with Crippen LogP contribution in [0.5, 0.6) is 0 Å². The van der Waals surface area contributed by atoms with Gasteiger partial charge >= 0.3 is 0 Å². The van der Waals surface area contributed by atoms with Crippen LogP contribution in [0.1, 0.15) is 26.2 Å². The van der Waals surface area contributed by atoms with Crippen LogP contribution in [0, 0.1) is 17.7 Å². The van der Waals surface area contributed by atoms with E-state index in [1.54, 1.807) is 6.07 Å². The number of aromatic nitrogens is 2. The zero-order chi connectivity index (χ0) is 15.4. The van der Waals surface area contributed by atoms with Crippen LogP contribution < -0.4 is 5.73 Å². The van der Waals surface area contributed by atoms with E-state index in [9.17, 15) is 4.39 Å². The van der Waals surface area contributed by atoms with Crippen molar-refractivity contribution in [3.63, 3.8) is 0 Å². The summed E-state index contributed by atoms with van der Waals surface area (Å²) in [5.41, 5.74) is 6.50. The standard InChI is InChI=1S/C15H19BrFN3O/c1-9(2)5-10(8-18)6-14-19-15(20-21-14)12-4-3-11(17)7-13(12)16/h3-4,7,9-10H,5-6,8,18H2,1-2H3/t10-/m0/s1. The van der Waals surface area contributed by atoms with Gasteiger partial charge in [0.05, 0.1) is 0 Å². The molecule has 0 fully saturated rings. The molecule has 0 saturated heterocycles. The Morgan fingerprint density at radius 1 is 1.38 bits per heavy atom. The predicted octanol–water partition coefficient (Wildman–Crippen LogP) is 3.80. The normalized spacial score (nSPS) is 12.9. The van der Waals surface area contributed by atoms with Crippen LogP contribution >= 0.6 is 15.9 Å². The molecule has 0 saturated carbocycles. The molecule has 0 aliphatic heterocycles. The van der Waals surface area contributed by atoms with Crippen LogP contribution in [0.3, 0.4) is 0 Å². The van der Waals surface area contributed by atoms with Gasteiger partial charge in [0.1, 0.15) is 5.82 Å². The fourth-order valence-corrected chi connectivity index (χ4v) is 2.82. The monoisotopic (exact) mass is 355 g/mol. The molecule has 2 rings (SSSR count). The van der Waals surface area contributed by atoms with E-state index < -0.39 is 0 Å². The lowest BCUT2D eigenvalue weighted by molar-refractivity contribution is 0.332. The molecule has 0 radical (unpaired) electrons. The first-order valence-corrected chi connectivity index (χ1v) is 7.77. The minimum absolute atomic E-state index is 0.311. The second-order valence-electron chi connectivity index (χ2n) is 5.57. The van der Waals surface area contributed by atoms with Crippen molar-refractivity contribution >= 4 is 15.9 Å². The van der Waals surface area contributed by atoms with Gasteiger partial charge in [-0.3, -0.25) is 0 Å². The first-order chi connectivity index (χ1) is 9.99. The number of halogens is 2. The Balaban J connectivity index is 2.14. The molecule has 2 aromatic rings. The molecule has 4 nitrogen and oxygen atoms in total. The van der Waals surface area contributed by atoms with Gasteiger partial charge < -0.3 is 10.3 Å². The summed E-state index contributed by atoms with van der Waals surface area (Å²) in [6, 6.07) is 4.38. The molecule has 1 heterocycles. The fraction of sp³-hybridized carbons (Fsp3) is 0.467. The molecule has 114 valence electrons. The largest absolute Gasteiger partial charge is 0.339 e. The fourth-order valence-electron chi connectivity index (χ4n) is 2.29. The first-order valence-electron chi connectivity index (χ1n) is 6.97. The lowest BCUT2D eigenvalue weighted by Crippen LogP contribution is -2.19. The molecular formula is C15H19BrFN3O. The minimum atomic E-state index is -0.311. The summed E-state index contributed by atoms with van der Waals surface area (Å²) in [5, 5.41) is 3.96. The third-order valence-corrected chi connectivity index (χ3v) is 3.90. The van der Waals surface area contributed by atoms with Crippen LogP contribution in [0.15, 0.2) is 27.2 Å². The summed E-state index contributed by atoms with van der Waals surface area (Å²) in [4.78, 5) is 4.38. The van der Waals surface area contributed by atoms with Gasteiger partial charge in [0.2, 0.25) is 11.7 Å². The molecular weight excluding hydrogens is 337 g/mol. The Hall–Kier alpha value is -1.27. The number of hydrogen-bond acceptors (Lipinski definition) is 4. The summed E-state index contributed by atoms with van der Waals surface area (Å²) in [6.07, 6.45) is 1.69. The minimum Gasteiger partial charge on any atom is -0.339 e. The highest BCUT2D eigenvalue weighted by molar-refractivity contribution is 9.10. The smallest absolute Gasteiger partial charge is 0.227 e. The summed E-state index contributed by atoms with van der Waals surface area (Å²) >= 11 is 3.31. The van der Waals surface area contributed by atoms with E-state index in [1.807, 2.05) is 0 Å². The van der Waals surface area contributed by atoms with Gasteiger partial charge in [0.15, 0.2) is 0 Å². The van der Waals surface area contributed by atoms with E-state index in [0.717, 1.165) is 6.42 Å². The van der Waals surface area contributed by atoms with Gasteiger partial charge in [-0.15, -0.1) is 0 Å². The number of hydrogen-bond donors (Lipinski definition) is 1. The number of rotatable bonds is 6. The number of nitrogens with zero attached hydrogens (tertiary/aromatic N) is 2. The molecule has 1 aromatic carbocycles. The van der Waals surface area contributed by atoms with Crippen molar-refractivity contribution in [3.05, 3.63) is 34.4 Å². The Labute approximate surface area is 132 Å². The maximum atomic E-state index is 13.1. The summed E-state index contributed by atoms with van der Waals surface area (Å²) in [7, 11) is 0. The third-order valence-electron chi connectivity index (χ3n) is 3.24. The van der Waals surface area contributed by atoms with Gasteiger partial charge in [-0.25, -0.2) is 4.39 Å². The Morgan fingerprint density at radius 2 is 2.14 bits per heavy atom. The van der Waals surface area contributed by atoms with Gasteiger partial charge in [0.25, 0.3) is 0 Å². The van der Waals surface area contributed by atoms with E-state index >= 15 is 0 Å². The van der Waals surface area contributed by atoms with Crippen molar-refractivity contribution in [1.29, 1.82) is 0 Å². The maximum Gasteiger partial charge on any atom is 0.227 e. The first kappa shape index (κ1) is 16.1. The molecule has 0 unspecified atom stereocenters. The highest BCUT2D eigenvalue weighted by Gasteiger charge is 2.17. The van der Waals surface area contributed by atoms with Crippen LogP contribution in [-0.2, 0) is 6.42 Å². The second kappa shape index (κ2) is 7.13. The van der Waals surface area contributed by atoms with E-state index in [2.05, 4.69) is 39.9 Å². The molecule has 0 bridgehead atoms. The Bertz CT molecular complexity index is 600. The number of nitrogens with two attached hydrogens (primary N) is 1. The van der Waals surface area contributed by atoms with Crippen LogP contribution in [0.4, 0.5) is 4.39 Å². The van der Waals surface area contributed by atoms with Gasteiger partial charge in [-0.2, -0.15) is 4.98 Å². The van der Waals surface area contributed by atoms with E-state index in [4.69, 9.17) is 10.3 Å². The van der Waals surface area contributed by atoms with Crippen LogP contribution in [0.25, 0.3) is 11.4 Å². The summed E-state index contributed by atoms with van der Waals surface area (Å²) in [6.45, 7) is 4.92. The molecule has 1 atom stereocenters.